The molecule has 0 aliphatic carbocycles. The van der Waals surface area contributed by atoms with Gasteiger partial charge in [-0.2, -0.15) is 4.98 Å². The molecule has 0 spiro atoms. The van der Waals surface area contributed by atoms with Gasteiger partial charge in [0.2, 0.25) is 0 Å². The smallest absolute Gasteiger partial charge is 0.295 e. The molecule has 0 amide bonds. The number of nitro groups is 1. The van der Waals surface area contributed by atoms with Gasteiger partial charge in [0.1, 0.15) is 5.52 Å². The molecule has 0 radical (unpaired) electrons. The Labute approximate surface area is 97.8 Å². The van der Waals surface area contributed by atoms with Crippen LogP contribution in [0.2, 0.25) is 0 Å². The molecule has 0 fully saturated rings. The van der Waals surface area contributed by atoms with Crippen LogP contribution in [0.1, 0.15) is 19.8 Å². The number of nitro benzene ring substituents is 1. The van der Waals surface area contributed by atoms with E-state index in [0.29, 0.717) is 17.1 Å². The highest BCUT2D eigenvalue weighted by Gasteiger charge is 2.10. The Morgan fingerprint density at radius 2 is 2.35 bits per heavy atom. The second kappa shape index (κ2) is 4.82. The SMILES string of the molecule is CCCCNc1nc2cc([N+](=O)[O-])ccc2o1. The van der Waals surface area contributed by atoms with Crippen LogP contribution in [0, 0.1) is 10.1 Å². The second-order valence-corrected chi connectivity index (χ2v) is 3.71. The number of hydrogen-bond acceptors (Lipinski definition) is 5. The van der Waals surface area contributed by atoms with Crippen molar-refractivity contribution in [2.24, 2.45) is 0 Å². The largest absolute Gasteiger partial charge is 0.424 e. The van der Waals surface area contributed by atoms with Gasteiger partial charge in [-0.3, -0.25) is 10.1 Å². The number of aromatic nitrogens is 1. The van der Waals surface area contributed by atoms with E-state index in [1.165, 1.54) is 12.1 Å². The molecule has 2 aromatic rings. The summed E-state index contributed by atoms with van der Waals surface area (Å²) in [5, 5.41) is 13.6. The Morgan fingerprint density at radius 3 is 3.06 bits per heavy atom. The standard InChI is InChI=1S/C11H13N3O3/c1-2-3-6-12-11-13-9-7-8(14(15)16)4-5-10(9)17-11/h4-5,7H,2-3,6H2,1H3,(H,12,13). The second-order valence-electron chi connectivity index (χ2n) is 3.71. The van der Waals surface area contributed by atoms with Crippen molar-refractivity contribution in [3.05, 3.63) is 28.3 Å². The first-order valence-electron chi connectivity index (χ1n) is 5.49. The van der Waals surface area contributed by atoms with E-state index in [4.69, 9.17) is 4.42 Å². The molecule has 0 unspecified atom stereocenters. The minimum absolute atomic E-state index is 0.0194. The van der Waals surface area contributed by atoms with Gasteiger partial charge in [-0.05, 0) is 12.5 Å². The first-order valence-corrected chi connectivity index (χ1v) is 5.49. The summed E-state index contributed by atoms with van der Waals surface area (Å²) in [6, 6.07) is 4.78. The number of unbranched alkanes of at least 4 members (excludes halogenated alkanes) is 1. The van der Waals surface area contributed by atoms with E-state index in [1.54, 1.807) is 6.07 Å². The van der Waals surface area contributed by atoms with E-state index in [0.717, 1.165) is 19.4 Å². The van der Waals surface area contributed by atoms with Crippen molar-refractivity contribution in [1.29, 1.82) is 0 Å². The van der Waals surface area contributed by atoms with Gasteiger partial charge in [-0.15, -0.1) is 0 Å². The van der Waals surface area contributed by atoms with Crippen LogP contribution in [0.5, 0.6) is 0 Å². The maximum Gasteiger partial charge on any atom is 0.295 e. The maximum absolute atomic E-state index is 10.6. The van der Waals surface area contributed by atoms with Gasteiger partial charge in [0, 0.05) is 18.7 Å². The zero-order valence-corrected chi connectivity index (χ0v) is 9.47. The van der Waals surface area contributed by atoms with Gasteiger partial charge in [0.25, 0.3) is 11.7 Å². The highest BCUT2D eigenvalue weighted by atomic mass is 16.6. The molecule has 17 heavy (non-hydrogen) atoms. The number of nitrogens with zero attached hydrogens (tertiary/aromatic N) is 2. The summed E-state index contributed by atoms with van der Waals surface area (Å²) in [5.74, 6) is 0. The molecule has 0 saturated heterocycles. The molecular formula is C11H13N3O3. The molecule has 90 valence electrons. The number of nitrogens with one attached hydrogen (secondary N) is 1. The third-order valence-electron chi connectivity index (χ3n) is 2.39. The first kappa shape index (κ1) is 11.4. The molecule has 0 aliphatic heterocycles. The number of fused-ring (bicyclic) bond motifs is 1. The van der Waals surface area contributed by atoms with Crippen LogP contribution in [0.3, 0.4) is 0 Å². The summed E-state index contributed by atoms with van der Waals surface area (Å²) >= 11 is 0. The van der Waals surface area contributed by atoms with Gasteiger partial charge in [-0.1, -0.05) is 13.3 Å². The van der Waals surface area contributed by atoms with Crippen molar-refractivity contribution < 1.29 is 9.34 Å². The zero-order chi connectivity index (χ0) is 12.3. The lowest BCUT2D eigenvalue weighted by Gasteiger charge is -1.97. The Kier molecular flexibility index (Phi) is 3.22. The first-order chi connectivity index (χ1) is 8.20. The Bertz CT molecular complexity index is 536. The van der Waals surface area contributed by atoms with Crippen LogP contribution >= 0.6 is 0 Å². The van der Waals surface area contributed by atoms with Crippen LogP contribution in [-0.2, 0) is 0 Å². The number of rotatable bonds is 5. The van der Waals surface area contributed by atoms with Gasteiger partial charge >= 0.3 is 0 Å². The highest BCUT2D eigenvalue weighted by Crippen LogP contribution is 2.23. The summed E-state index contributed by atoms with van der Waals surface area (Å²) < 4.78 is 5.40. The van der Waals surface area contributed by atoms with Crippen molar-refractivity contribution >= 4 is 22.8 Å². The molecule has 1 aromatic heterocycles. The fourth-order valence-electron chi connectivity index (χ4n) is 1.48. The molecular weight excluding hydrogens is 222 g/mol. The lowest BCUT2D eigenvalue weighted by atomic mass is 10.3. The average molecular weight is 235 g/mol. The zero-order valence-electron chi connectivity index (χ0n) is 9.47. The lowest BCUT2D eigenvalue weighted by Crippen LogP contribution is -2.00. The predicted molar refractivity (Wildman–Crippen MR) is 64.1 cm³/mol. The number of benzene rings is 1. The highest BCUT2D eigenvalue weighted by molar-refractivity contribution is 5.77. The van der Waals surface area contributed by atoms with Crippen LogP contribution in [0.15, 0.2) is 22.6 Å². The summed E-state index contributed by atoms with van der Waals surface area (Å²) in [5.41, 5.74) is 1.07. The van der Waals surface area contributed by atoms with Crippen LogP contribution < -0.4 is 5.32 Å². The van der Waals surface area contributed by atoms with Crippen molar-refractivity contribution in [2.75, 3.05) is 11.9 Å². The van der Waals surface area contributed by atoms with E-state index in [-0.39, 0.29) is 5.69 Å². The molecule has 1 N–H and O–H groups in total. The minimum Gasteiger partial charge on any atom is -0.424 e. The molecule has 6 heteroatoms. The van der Waals surface area contributed by atoms with Gasteiger partial charge in [-0.25, -0.2) is 0 Å². The van der Waals surface area contributed by atoms with Crippen LogP contribution in [0.25, 0.3) is 11.1 Å². The fourth-order valence-corrected chi connectivity index (χ4v) is 1.48. The third kappa shape index (κ3) is 2.52. The van der Waals surface area contributed by atoms with Crippen molar-refractivity contribution in [1.82, 2.24) is 4.98 Å². The Hall–Kier alpha value is -2.11. The monoisotopic (exact) mass is 235 g/mol. The topological polar surface area (TPSA) is 81.2 Å². The van der Waals surface area contributed by atoms with Crippen LogP contribution in [0.4, 0.5) is 11.7 Å². The molecule has 0 aliphatic rings. The van der Waals surface area contributed by atoms with E-state index in [9.17, 15) is 10.1 Å². The summed E-state index contributed by atoms with van der Waals surface area (Å²) in [6.07, 6.45) is 2.11. The van der Waals surface area contributed by atoms with Crippen LogP contribution in [-0.4, -0.2) is 16.5 Å². The molecule has 0 saturated carbocycles. The van der Waals surface area contributed by atoms with Gasteiger partial charge in [0.05, 0.1) is 4.92 Å². The predicted octanol–water partition coefficient (Wildman–Crippen LogP) is 2.95. The average Bonchev–Trinajstić information content (AvgIpc) is 2.70. The molecule has 0 bridgehead atoms. The minimum atomic E-state index is -0.446. The molecule has 0 atom stereocenters. The summed E-state index contributed by atoms with van der Waals surface area (Å²) in [4.78, 5) is 14.3. The Balaban J connectivity index is 2.21. The molecule has 1 heterocycles. The lowest BCUT2D eigenvalue weighted by molar-refractivity contribution is -0.384. The van der Waals surface area contributed by atoms with Gasteiger partial charge < -0.3 is 9.73 Å². The molecule has 1 aromatic carbocycles. The van der Waals surface area contributed by atoms with E-state index in [1.807, 2.05) is 0 Å². The number of hydrogen-bond donors (Lipinski definition) is 1. The quantitative estimate of drug-likeness (QED) is 0.489. The summed E-state index contributed by atoms with van der Waals surface area (Å²) in [7, 11) is 0. The van der Waals surface area contributed by atoms with E-state index in [2.05, 4.69) is 17.2 Å². The van der Waals surface area contributed by atoms with Crippen molar-refractivity contribution in [3.63, 3.8) is 0 Å². The van der Waals surface area contributed by atoms with Crippen molar-refractivity contribution in [2.45, 2.75) is 19.8 Å². The maximum atomic E-state index is 10.6. The summed E-state index contributed by atoms with van der Waals surface area (Å²) in [6.45, 7) is 2.88. The van der Waals surface area contributed by atoms with Gasteiger partial charge in [0.15, 0.2) is 5.58 Å². The molecule has 2 rings (SSSR count). The molecule has 6 nitrogen and oxygen atoms in total. The van der Waals surface area contributed by atoms with Crippen molar-refractivity contribution in [3.8, 4) is 0 Å². The fraction of sp³-hybridized carbons (Fsp3) is 0.364. The Morgan fingerprint density at radius 1 is 1.53 bits per heavy atom. The third-order valence-corrected chi connectivity index (χ3v) is 2.39. The number of anilines is 1. The van der Waals surface area contributed by atoms with E-state index < -0.39 is 4.92 Å². The van der Waals surface area contributed by atoms with E-state index >= 15 is 0 Å². The number of oxazole rings is 1. The normalized spacial score (nSPS) is 10.6. The number of non-ortho nitro benzene ring substituents is 1.